The molecule has 13 heteroatoms. The highest BCUT2D eigenvalue weighted by molar-refractivity contribution is 5.81. The smallest absolute Gasteiger partial charge is 0.249 e. The van der Waals surface area contributed by atoms with Crippen molar-refractivity contribution in [1.82, 2.24) is 5.32 Å². The summed E-state index contributed by atoms with van der Waals surface area (Å²) in [6, 6.07) is 0. The predicted molar refractivity (Wildman–Crippen MR) is 191 cm³/mol. The average Bonchev–Trinajstić information content (AvgIpc) is 3.83. The van der Waals surface area contributed by atoms with Crippen LogP contribution in [-0.4, -0.2) is 137 Å². The van der Waals surface area contributed by atoms with E-state index in [2.05, 4.69) is 25.4 Å². The molecule has 6 aliphatic heterocycles. The van der Waals surface area contributed by atoms with Crippen molar-refractivity contribution >= 4 is 5.91 Å². The van der Waals surface area contributed by atoms with Gasteiger partial charge in [-0.3, -0.25) is 4.79 Å². The van der Waals surface area contributed by atoms with Gasteiger partial charge in [0, 0.05) is 57.1 Å². The topological polar surface area (TPSA) is 186 Å². The Bertz CT molecular complexity index is 1310. The van der Waals surface area contributed by atoms with Crippen molar-refractivity contribution in [3.63, 3.8) is 0 Å². The number of rotatable bonds is 15. The second kappa shape index (κ2) is 16.5. The molecule has 0 aromatic rings. The first kappa shape index (κ1) is 39.7. The average molecular weight is 750 g/mol. The fraction of sp³-hybridized carbons (Fsp3) is 0.875. The molecule has 8 fully saturated rings. The molecule has 4 bridgehead atoms. The van der Waals surface area contributed by atoms with Gasteiger partial charge in [-0.1, -0.05) is 20.1 Å². The highest BCUT2D eigenvalue weighted by Gasteiger charge is 2.59. The van der Waals surface area contributed by atoms with Gasteiger partial charge in [0.05, 0.1) is 73.8 Å². The maximum atomic E-state index is 12.2. The molecule has 6 saturated heterocycles. The van der Waals surface area contributed by atoms with Crippen LogP contribution in [0.15, 0.2) is 24.3 Å². The lowest BCUT2D eigenvalue weighted by Gasteiger charge is -2.57. The molecule has 300 valence electrons. The Labute approximate surface area is 313 Å². The largest absolute Gasteiger partial charge is 0.393 e. The summed E-state index contributed by atoms with van der Waals surface area (Å²) in [6.07, 6.45) is 3.29. The van der Waals surface area contributed by atoms with E-state index in [0.29, 0.717) is 32.1 Å². The van der Waals surface area contributed by atoms with E-state index in [9.17, 15) is 30.3 Å². The third-order valence-electron chi connectivity index (χ3n) is 13.4. The van der Waals surface area contributed by atoms with Crippen molar-refractivity contribution in [2.45, 2.75) is 176 Å². The summed E-state index contributed by atoms with van der Waals surface area (Å²) in [6.45, 7) is 10.9. The van der Waals surface area contributed by atoms with Crippen LogP contribution in [0.4, 0.5) is 0 Å². The number of hydrogen-bond acceptors (Lipinski definition) is 12. The Balaban J connectivity index is 0.850. The van der Waals surface area contributed by atoms with Gasteiger partial charge in [-0.2, -0.15) is 0 Å². The molecule has 8 rings (SSSR count). The minimum atomic E-state index is -1.54. The third-order valence-corrected chi connectivity index (χ3v) is 13.4. The lowest BCUT2D eigenvalue weighted by molar-refractivity contribution is -0.343. The maximum Gasteiger partial charge on any atom is 0.249 e. The molecule has 2 aliphatic carbocycles. The lowest BCUT2D eigenvalue weighted by atomic mass is 9.62. The normalized spacial score (nSPS) is 45.3. The van der Waals surface area contributed by atoms with Gasteiger partial charge in [0.2, 0.25) is 5.91 Å². The number of carbonyl (C=O) groups excluding carboxylic acids is 1. The first-order valence-corrected chi connectivity index (χ1v) is 20.2. The van der Waals surface area contributed by atoms with Crippen molar-refractivity contribution in [3.05, 3.63) is 24.3 Å². The SMILES string of the molecule is C=C1C[C@H](CC[C@@]2(O)C[C@@H](O)[C@@H]3CC4C3OC[C@H](O)[C@@H]4O2)O[C@H]1CC[C@H]1CCC(=C)[C@@H](C[C@@H]2O[C@H](C[C@H](O)CNC(=O)[C@H](O)C3CC3)[C@H](OC)[C@H]2C)O1. The van der Waals surface area contributed by atoms with E-state index in [1.807, 2.05) is 0 Å². The van der Waals surface area contributed by atoms with Crippen LogP contribution < -0.4 is 5.32 Å². The quantitative estimate of drug-likeness (QED) is 0.134. The Morgan fingerprint density at radius 3 is 2.49 bits per heavy atom. The fourth-order valence-electron chi connectivity index (χ4n) is 9.96. The minimum Gasteiger partial charge on any atom is -0.393 e. The van der Waals surface area contributed by atoms with Gasteiger partial charge in [0.15, 0.2) is 5.79 Å². The summed E-state index contributed by atoms with van der Waals surface area (Å²) in [5.41, 5.74) is 2.08. The highest BCUT2D eigenvalue weighted by Crippen LogP contribution is 2.50. The number of aliphatic hydroxyl groups is 5. The van der Waals surface area contributed by atoms with Crippen molar-refractivity contribution in [1.29, 1.82) is 0 Å². The summed E-state index contributed by atoms with van der Waals surface area (Å²) in [7, 11) is 1.65. The summed E-state index contributed by atoms with van der Waals surface area (Å²) in [5.74, 6) is -1.94. The number of nitrogens with one attached hydrogen (secondary N) is 1. The zero-order chi connectivity index (χ0) is 37.6. The number of carbonyl (C=O) groups is 1. The van der Waals surface area contributed by atoms with Crippen LogP contribution >= 0.6 is 0 Å². The van der Waals surface area contributed by atoms with Gasteiger partial charge in [0.25, 0.3) is 0 Å². The van der Waals surface area contributed by atoms with Gasteiger partial charge in [-0.25, -0.2) is 0 Å². The van der Waals surface area contributed by atoms with E-state index in [1.165, 1.54) is 0 Å². The predicted octanol–water partition coefficient (Wildman–Crippen LogP) is 2.05. The van der Waals surface area contributed by atoms with Crippen LogP contribution in [0.2, 0.25) is 0 Å². The van der Waals surface area contributed by atoms with E-state index >= 15 is 0 Å². The molecule has 6 heterocycles. The van der Waals surface area contributed by atoms with Crippen molar-refractivity contribution in [2.75, 3.05) is 20.3 Å². The van der Waals surface area contributed by atoms with Gasteiger partial charge in [-0.05, 0) is 74.9 Å². The van der Waals surface area contributed by atoms with Crippen molar-refractivity contribution in [3.8, 4) is 0 Å². The van der Waals surface area contributed by atoms with Crippen LogP contribution in [0.3, 0.4) is 0 Å². The Kier molecular flexibility index (Phi) is 12.4. The zero-order valence-electron chi connectivity index (χ0n) is 31.4. The minimum absolute atomic E-state index is 0.0111. The zero-order valence-corrected chi connectivity index (χ0v) is 31.4. The lowest BCUT2D eigenvalue weighted by Crippen LogP contribution is -2.66. The van der Waals surface area contributed by atoms with E-state index in [4.69, 9.17) is 28.4 Å². The van der Waals surface area contributed by atoms with E-state index in [0.717, 1.165) is 56.1 Å². The van der Waals surface area contributed by atoms with Crippen LogP contribution in [-0.2, 0) is 33.2 Å². The summed E-state index contributed by atoms with van der Waals surface area (Å²) >= 11 is 0. The van der Waals surface area contributed by atoms with Gasteiger partial charge >= 0.3 is 0 Å². The molecule has 6 N–H and O–H groups in total. The Hall–Kier alpha value is -1.49. The van der Waals surface area contributed by atoms with E-state index in [1.54, 1.807) is 7.11 Å². The number of fused-ring (bicyclic) bond motifs is 3. The Morgan fingerprint density at radius 2 is 1.74 bits per heavy atom. The monoisotopic (exact) mass is 749 g/mol. The molecule has 17 atom stereocenters. The Morgan fingerprint density at radius 1 is 0.962 bits per heavy atom. The van der Waals surface area contributed by atoms with Crippen molar-refractivity contribution < 1.29 is 58.7 Å². The summed E-state index contributed by atoms with van der Waals surface area (Å²) in [4.78, 5) is 12.2. The van der Waals surface area contributed by atoms with E-state index < -0.39 is 42.2 Å². The van der Waals surface area contributed by atoms with Gasteiger partial charge < -0.3 is 59.3 Å². The van der Waals surface area contributed by atoms with E-state index in [-0.39, 0.29) is 92.1 Å². The van der Waals surface area contributed by atoms with Gasteiger partial charge in [0.1, 0.15) is 12.2 Å². The molecular weight excluding hydrogens is 686 g/mol. The third kappa shape index (κ3) is 8.91. The van der Waals surface area contributed by atoms with Crippen LogP contribution in [0.5, 0.6) is 0 Å². The number of methoxy groups -OCH3 is 1. The van der Waals surface area contributed by atoms with Crippen LogP contribution in [0, 0.1) is 23.7 Å². The molecule has 1 amide bonds. The summed E-state index contributed by atoms with van der Waals surface area (Å²) in [5, 5.41) is 56.4. The highest BCUT2D eigenvalue weighted by atomic mass is 16.6. The second-order valence-corrected chi connectivity index (χ2v) is 17.3. The molecule has 13 nitrogen and oxygen atoms in total. The first-order chi connectivity index (χ1) is 25.3. The number of aliphatic hydroxyl groups excluding tert-OH is 4. The van der Waals surface area contributed by atoms with Crippen LogP contribution in [0.1, 0.15) is 90.4 Å². The standard InChI is InChI=1S/C40H63NO12/c1-20-5-8-25(50-32(20)16-33-22(3)36(48-4)34(52-33)14-24(42)18-41-39(46)35(45)23-6-7-23)9-10-31-21(2)13-26(51-31)11-12-40(47)17-29(43)27-15-28-37(27)49-19-30(44)38(28)53-40/h22-38,42-45,47H,1-2,5-19H2,3-4H3,(H,41,46)/t22-,24-,25+,26-,27-,28?,29+,30-,31-,32+,33-,34+,35+,36+,37?,38+,40-/m0/s1. The van der Waals surface area contributed by atoms with Crippen LogP contribution in [0.25, 0.3) is 0 Å². The fourth-order valence-corrected chi connectivity index (χ4v) is 9.96. The molecule has 2 unspecified atom stereocenters. The number of hydrogen-bond donors (Lipinski definition) is 6. The molecule has 0 radical (unpaired) electrons. The summed E-state index contributed by atoms with van der Waals surface area (Å²) < 4.78 is 37.3. The van der Waals surface area contributed by atoms with Gasteiger partial charge in [-0.15, -0.1) is 0 Å². The molecule has 53 heavy (non-hydrogen) atoms. The molecule has 0 spiro atoms. The molecule has 0 aromatic heterocycles. The second-order valence-electron chi connectivity index (χ2n) is 17.3. The first-order valence-electron chi connectivity index (χ1n) is 20.2. The molecule has 8 aliphatic rings. The van der Waals surface area contributed by atoms with Crippen molar-refractivity contribution in [2.24, 2.45) is 23.7 Å². The number of ether oxygens (including phenoxy) is 6. The molecular formula is C40H63NO12. The maximum absolute atomic E-state index is 12.2. The molecule has 2 saturated carbocycles. The molecule has 0 aromatic carbocycles. The number of amides is 1.